The molecule has 0 aliphatic rings. The van der Waals surface area contributed by atoms with Crippen molar-refractivity contribution in [2.75, 3.05) is 6.54 Å². The summed E-state index contributed by atoms with van der Waals surface area (Å²) in [5.41, 5.74) is 0.753. The number of alkyl carbamates (subject to hydrolysis) is 1. The van der Waals surface area contributed by atoms with E-state index in [1.165, 1.54) is 6.07 Å². The van der Waals surface area contributed by atoms with E-state index in [2.05, 4.69) is 5.32 Å². The van der Waals surface area contributed by atoms with Gasteiger partial charge in [-0.1, -0.05) is 0 Å². The van der Waals surface area contributed by atoms with Crippen molar-refractivity contribution in [3.05, 3.63) is 39.7 Å². The summed E-state index contributed by atoms with van der Waals surface area (Å²) in [5.74, 6) is -0.193. The highest BCUT2D eigenvalue weighted by atomic mass is 16.6. The molecule has 0 unspecified atom stereocenters. The van der Waals surface area contributed by atoms with Crippen LogP contribution in [-0.4, -0.2) is 24.2 Å². The highest BCUT2D eigenvalue weighted by Gasteiger charge is 2.17. The molecule has 1 aromatic carbocycles. The first kappa shape index (κ1) is 19.5. The molecule has 0 radical (unpaired) electrons. The largest absolute Gasteiger partial charge is 0.444 e. The molecule has 0 saturated carbocycles. The second kappa shape index (κ2) is 7.59. The van der Waals surface area contributed by atoms with Crippen LogP contribution in [0.1, 0.15) is 38.3 Å². The number of carbonyl (C=O) groups is 2. The number of amides is 1. The fourth-order valence-electron chi connectivity index (χ4n) is 2.41. The molecular weight excluding hydrogens is 338 g/mol. The number of nitrogens with one attached hydrogen (secondary N) is 1. The third-order valence-electron chi connectivity index (χ3n) is 3.37. The van der Waals surface area contributed by atoms with Gasteiger partial charge in [0.2, 0.25) is 0 Å². The van der Waals surface area contributed by atoms with E-state index >= 15 is 0 Å². The van der Waals surface area contributed by atoms with E-state index in [9.17, 15) is 14.4 Å². The maximum absolute atomic E-state index is 12.1. The number of aryl methyl sites for hydroxylation is 2. The summed E-state index contributed by atoms with van der Waals surface area (Å²) in [6.07, 6.45) is -0.617. The van der Waals surface area contributed by atoms with Crippen LogP contribution in [0.25, 0.3) is 11.0 Å². The molecule has 0 atom stereocenters. The third kappa shape index (κ3) is 5.34. The maximum atomic E-state index is 12.1. The number of rotatable bonds is 4. The van der Waals surface area contributed by atoms with Gasteiger partial charge in [0, 0.05) is 12.6 Å². The van der Waals surface area contributed by atoms with Gasteiger partial charge >= 0.3 is 17.7 Å². The molecule has 0 fully saturated rings. The SMILES string of the molecule is Cc1cc(OC(=O)CCNC(=O)OC(C)(C)C)c2c(C)cc(=O)oc2c1. The van der Waals surface area contributed by atoms with Crippen LogP contribution in [0.15, 0.2) is 27.4 Å². The Morgan fingerprint density at radius 2 is 1.85 bits per heavy atom. The average Bonchev–Trinajstić information content (AvgIpc) is 2.43. The fraction of sp³-hybridized carbons (Fsp3) is 0.421. The number of benzene rings is 1. The molecule has 26 heavy (non-hydrogen) atoms. The first-order chi connectivity index (χ1) is 12.0. The highest BCUT2D eigenvalue weighted by molar-refractivity contribution is 5.89. The Morgan fingerprint density at radius 3 is 2.50 bits per heavy atom. The summed E-state index contributed by atoms with van der Waals surface area (Å²) in [7, 11) is 0. The van der Waals surface area contributed by atoms with Crippen LogP contribution >= 0.6 is 0 Å². The summed E-state index contributed by atoms with van der Waals surface area (Å²) < 4.78 is 15.7. The topological polar surface area (TPSA) is 94.8 Å². The van der Waals surface area contributed by atoms with Crippen molar-refractivity contribution in [2.45, 2.75) is 46.6 Å². The number of carbonyl (C=O) groups excluding carboxylic acids is 2. The number of fused-ring (bicyclic) bond motifs is 1. The quantitative estimate of drug-likeness (QED) is 0.510. The molecule has 0 aliphatic carbocycles. The molecule has 0 aliphatic heterocycles. The lowest BCUT2D eigenvalue weighted by molar-refractivity contribution is -0.134. The maximum Gasteiger partial charge on any atom is 0.407 e. The molecule has 1 N–H and O–H groups in total. The van der Waals surface area contributed by atoms with Crippen LogP contribution in [0.3, 0.4) is 0 Å². The zero-order valence-electron chi connectivity index (χ0n) is 15.6. The van der Waals surface area contributed by atoms with E-state index in [0.717, 1.165) is 5.56 Å². The first-order valence-electron chi connectivity index (χ1n) is 8.28. The summed E-state index contributed by atoms with van der Waals surface area (Å²) in [4.78, 5) is 35.2. The summed E-state index contributed by atoms with van der Waals surface area (Å²) in [5, 5.41) is 3.07. The van der Waals surface area contributed by atoms with E-state index in [-0.39, 0.29) is 13.0 Å². The Labute approximate surface area is 151 Å². The van der Waals surface area contributed by atoms with Crippen molar-refractivity contribution >= 4 is 23.0 Å². The second-order valence-corrected chi connectivity index (χ2v) is 7.04. The molecular formula is C19H23NO6. The van der Waals surface area contributed by atoms with Crippen LogP contribution in [0.2, 0.25) is 0 Å². The molecule has 2 aromatic rings. The lowest BCUT2D eigenvalue weighted by Crippen LogP contribution is -2.34. The summed E-state index contributed by atoms with van der Waals surface area (Å²) in [6.45, 7) is 8.91. The van der Waals surface area contributed by atoms with E-state index in [1.54, 1.807) is 39.8 Å². The Balaban J connectivity index is 2.05. The van der Waals surface area contributed by atoms with Gasteiger partial charge in [-0.05, 0) is 57.9 Å². The van der Waals surface area contributed by atoms with Gasteiger partial charge in [0.1, 0.15) is 16.9 Å². The van der Waals surface area contributed by atoms with Crippen LogP contribution in [0.5, 0.6) is 5.75 Å². The summed E-state index contributed by atoms with van der Waals surface area (Å²) in [6, 6.07) is 4.76. The third-order valence-corrected chi connectivity index (χ3v) is 3.37. The number of hydrogen-bond acceptors (Lipinski definition) is 6. The van der Waals surface area contributed by atoms with E-state index in [4.69, 9.17) is 13.9 Å². The van der Waals surface area contributed by atoms with Crippen molar-refractivity contribution in [3.8, 4) is 5.75 Å². The Bertz CT molecular complexity index is 891. The lowest BCUT2D eigenvalue weighted by atomic mass is 10.1. The molecule has 1 heterocycles. The van der Waals surface area contributed by atoms with Crippen molar-refractivity contribution in [1.82, 2.24) is 5.32 Å². The fourth-order valence-corrected chi connectivity index (χ4v) is 2.41. The lowest BCUT2D eigenvalue weighted by Gasteiger charge is -2.19. The monoisotopic (exact) mass is 361 g/mol. The van der Waals surface area contributed by atoms with E-state index in [1.807, 2.05) is 6.92 Å². The van der Waals surface area contributed by atoms with Crippen LogP contribution < -0.4 is 15.7 Å². The van der Waals surface area contributed by atoms with Crippen LogP contribution in [0.4, 0.5) is 4.79 Å². The highest BCUT2D eigenvalue weighted by Crippen LogP contribution is 2.29. The van der Waals surface area contributed by atoms with Gasteiger partial charge in [0.15, 0.2) is 0 Å². The minimum atomic E-state index is -0.605. The molecule has 7 heteroatoms. The van der Waals surface area contributed by atoms with Gasteiger partial charge in [-0.25, -0.2) is 9.59 Å². The smallest absolute Gasteiger partial charge is 0.407 e. The van der Waals surface area contributed by atoms with Crippen molar-refractivity contribution in [1.29, 1.82) is 0 Å². The second-order valence-electron chi connectivity index (χ2n) is 7.04. The Morgan fingerprint density at radius 1 is 1.15 bits per heavy atom. The van der Waals surface area contributed by atoms with Gasteiger partial charge in [-0.15, -0.1) is 0 Å². The van der Waals surface area contributed by atoms with Gasteiger partial charge in [-0.2, -0.15) is 0 Å². The first-order valence-corrected chi connectivity index (χ1v) is 8.28. The average molecular weight is 361 g/mol. The van der Waals surface area contributed by atoms with Gasteiger partial charge < -0.3 is 19.2 Å². The van der Waals surface area contributed by atoms with Crippen molar-refractivity contribution in [3.63, 3.8) is 0 Å². The van der Waals surface area contributed by atoms with E-state index < -0.39 is 23.3 Å². The normalized spacial score (nSPS) is 11.3. The van der Waals surface area contributed by atoms with Gasteiger partial charge in [0.25, 0.3) is 0 Å². The van der Waals surface area contributed by atoms with Crippen molar-refractivity contribution in [2.24, 2.45) is 0 Å². The molecule has 7 nitrogen and oxygen atoms in total. The molecule has 0 spiro atoms. The van der Waals surface area contributed by atoms with Gasteiger partial charge in [-0.3, -0.25) is 4.79 Å². The van der Waals surface area contributed by atoms with E-state index in [0.29, 0.717) is 22.3 Å². The summed E-state index contributed by atoms with van der Waals surface area (Å²) >= 11 is 0. The van der Waals surface area contributed by atoms with Crippen LogP contribution in [0, 0.1) is 13.8 Å². The molecule has 2 rings (SSSR count). The molecule has 1 aromatic heterocycles. The number of hydrogen-bond donors (Lipinski definition) is 1. The standard InChI is InChI=1S/C19H23NO6/c1-11-8-13(17-12(2)10-16(22)25-14(17)9-11)24-15(21)6-7-20-18(23)26-19(3,4)5/h8-10H,6-7H2,1-5H3,(H,20,23). The minimum Gasteiger partial charge on any atom is -0.444 e. The molecule has 0 bridgehead atoms. The zero-order valence-corrected chi connectivity index (χ0v) is 15.6. The number of esters is 1. The van der Waals surface area contributed by atoms with Gasteiger partial charge in [0.05, 0.1) is 11.8 Å². The Hall–Kier alpha value is -2.83. The Kier molecular flexibility index (Phi) is 5.69. The zero-order chi connectivity index (χ0) is 19.5. The van der Waals surface area contributed by atoms with Crippen LogP contribution in [-0.2, 0) is 9.53 Å². The predicted octanol–water partition coefficient (Wildman–Crippen LogP) is 3.23. The van der Waals surface area contributed by atoms with Crippen molar-refractivity contribution < 1.29 is 23.5 Å². The molecule has 0 saturated heterocycles. The minimum absolute atomic E-state index is 0.0233. The molecule has 1 amide bonds. The predicted molar refractivity (Wildman–Crippen MR) is 96.4 cm³/mol. The molecule has 140 valence electrons. The number of ether oxygens (including phenoxy) is 2.